The summed E-state index contributed by atoms with van der Waals surface area (Å²) in [5, 5.41) is 6.97. The lowest BCUT2D eigenvalue weighted by atomic mass is 10.2. The van der Waals surface area contributed by atoms with Gasteiger partial charge in [0.1, 0.15) is 12.4 Å². The van der Waals surface area contributed by atoms with Crippen LogP contribution in [0.15, 0.2) is 23.4 Å². The molecular formula is C11H13Cl2N3O2. The van der Waals surface area contributed by atoms with Crippen LogP contribution in [0.25, 0.3) is 0 Å². The van der Waals surface area contributed by atoms with E-state index in [1.807, 2.05) is 0 Å². The highest BCUT2D eigenvalue weighted by Crippen LogP contribution is 2.22. The highest BCUT2D eigenvalue weighted by molar-refractivity contribution is 6.42. The number of hydrogen-bond donors (Lipinski definition) is 2. The van der Waals surface area contributed by atoms with E-state index in [9.17, 15) is 4.79 Å². The maximum Gasteiger partial charge on any atom is 0.227 e. The molecule has 0 saturated heterocycles. The van der Waals surface area contributed by atoms with Crippen LogP contribution < -0.4 is 11.1 Å². The van der Waals surface area contributed by atoms with Crippen molar-refractivity contribution in [1.82, 2.24) is 5.32 Å². The molecule has 0 aliphatic heterocycles. The molecule has 7 heteroatoms. The maximum atomic E-state index is 11.0. The van der Waals surface area contributed by atoms with Gasteiger partial charge in [0, 0.05) is 7.05 Å². The van der Waals surface area contributed by atoms with E-state index < -0.39 is 0 Å². The Morgan fingerprint density at radius 2 is 2.17 bits per heavy atom. The van der Waals surface area contributed by atoms with Crippen LogP contribution in [-0.4, -0.2) is 18.8 Å². The molecule has 0 heterocycles. The van der Waals surface area contributed by atoms with Gasteiger partial charge in [0.05, 0.1) is 16.5 Å². The van der Waals surface area contributed by atoms with Gasteiger partial charge in [0.25, 0.3) is 0 Å². The van der Waals surface area contributed by atoms with Crippen molar-refractivity contribution in [3.05, 3.63) is 33.8 Å². The first-order valence-electron chi connectivity index (χ1n) is 5.11. The first-order chi connectivity index (χ1) is 8.52. The van der Waals surface area contributed by atoms with Crippen LogP contribution in [0.4, 0.5) is 0 Å². The van der Waals surface area contributed by atoms with Crippen LogP contribution in [0, 0.1) is 0 Å². The summed E-state index contributed by atoms with van der Waals surface area (Å²) in [5.74, 6) is -0.121. The molecule has 0 aliphatic carbocycles. The van der Waals surface area contributed by atoms with Crippen LogP contribution in [0.5, 0.6) is 0 Å². The van der Waals surface area contributed by atoms with Crippen LogP contribution in [0.3, 0.4) is 0 Å². The smallest absolute Gasteiger partial charge is 0.227 e. The van der Waals surface area contributed by atoms with Crippen LogP contribution in [0.1, 0.15) is 12.0 Å². The molecule has 0 aliphatic rings. The fraction of sp³-hybridized carbons (Fsp3) is 0.273. The normalized spacial score (nSPS) is 11.2. The van der Waals surface area contributed by atoms with E-state index in [4.69, 9.17) is 33.8 Å². The zero-order chi connectivity index (χ0) is 13.5. The van der Waals surface area contributed by atoms with Crippen LogP contribution in [-0.2, 0) is 16.2 Å². The molecule has 1 aromatic rings. The summed E-state index contributed by atoms with van der Waals surface area (Å²) < 4.78 is 0. The van der Waals surface area contributed by atoms with E-state index in [1.54, 1.807) is 18.2 Å². The van der Waals surface area contributed by atoms with Crippen LogP contribution >= 0.6 is 23.2 Å². The highest BCUT2D eigenvalue weighted by Gasteiger charge is 2.03. The Bertz CT molecular complexity index is 464. The third-order valence-electron chi connectivity index (χ3n) is 2.02. The molecule has 0 radical (unpaired) electrons. The molecule has 98 valence electrons. The third-order valence-corrected chi connectivity index (χ3v) is 2.76. The Balaban J connectivity index is 2.47. The fourth-order valence-corrected chi connectivity index (χ4v) is 1.42. The van der Waals surface area contributed by atoms with Gasteiger partial charge in [-0.2, -0.15) is 0 Å². The van der Waals surface area contributed by atoms with Gasteiger partial charge in [-0.1, -0.05) is 34.4 Å². The van der Waals surface area contributed by atoms with Gasteiger partial charge in [-0.15, -0.1) is 0 Å². The Hall–Kier alpha value is -1.46. The number of hydrogen-bond acceptors (Lipinski definition) is 3. The van der Waals surface area contributed by atoms with Crippen molar-refractivity contribution in [3.63, 3.8) is 0 Å². The van der Waals surface area contributed by atoms with E-state index in [-0.39, 0.29) is 24.8 Å². The second kappa shape index (κ2) is 7.08. The van der Waals surface area contributed by atoms with Crippen LogP contribution in [0.2, 0.25) is 10.0 Å². The number of carbonyl (C=O) groups excluding carboxylic acids is 1. The molecule has 1 rings (SSSR count). The van der Waals surface area contributed by atoms with Gasteiger partial charge < -0.3 is 15.9 Å². The number of carbonyl (C=O) groups is 1. The molecule has 18 heavy (non-hydrogen) atoms. The second-order valence-electron chi connectivity index (χ2n) is 3.45. The molecule has 0 atom stereocenters. The number of amides is 1. The van der Waals surface area contributed by atoms with Crippen molar-refractivity contribution >= 4 is 34.9 Å². The standard InChI is InChI=1S/C11H13Cl2N3O2/c1-15-11(17)5-10(14)16-18-6-7-2-3-8(12)9(13)4-7/h2-4H,5-6H2,1H3,(H2,14,16)(H,15,17). The third kappa shape index (κ3) is 4.81. The molecule has 0 fully saturated rings. The van der Waals surface area contributed by atoms with E-state index in [0.29, 0.717) is 10.0 Å². The van der Waals surface area contributed by atoms with Gasteiger partial charge in [-0.05, 0) is 17.7 Å². The fourth-order valence-electron chi connectivity index (χ4n) is 1.10. The maximum absolute atomic E-state index is 11.0. The van der Waals surface area contributed by atoms with Gasteiger partial charge in [-0.3, -0.25) is 4.79 Å². The van der Waals surface area contributed by atoms with Crippen molar-refractivity contribution in [1.29, 1.82) is 0 Å². The Labute approximate surface area is 115 Å². The van der Waals surface area contributed by atoms with E-state index in [0.717, 1.165) is 5.56 Å². The minimum absolute atomic E-state index is 0.00211. The van der Waals surface area contributed by atoms with E-state index in [2.05, 4.69) is 10.5 Å². The first kappa shape index (κ1) is 14.6. The van der Waals surface area contributed by atoms with Crippen molar-refractivity contribution in [2.75, 3.05) is 7.05 Å². The number of nitrogens with zero attached hydrogens (tertiary/aromatic N) is 1. The molecule has 1 aromatic carbocycles. The summed E-state index contributed by atoms with van der Waals surface area (Å²) in [5.41, 5.74) is 6.29. The molecule has 0 unspecified atom stereocenters. The number of nitrogens with two attached hydrogens (primary N) is 1. The first-order valence-corrected chi connectivity index (χ1v) is 5.87. The van der Waals surface area contributed by atoms with Gasteiger partial charge in [0.15, 0.2) is 0 Å². The summed E-state index contributed by atoms with van der Waals surface area (Å²) in [4.78, 5) is 16.0. The number of amidine groups is 1. The Morgan fingerprint density at radius 1 is 1.44 bits per heavy atom. The van der Waals surface area contributed by atoms with Crippen molar-refractivity contribution in [2.24, 2.45) is 10.9 Å². The van der Waals surface area contributed by atoms with Gasteiger partial charge in [0.2, 0.25) is 5.91 Å². The summed E-state index contributed by atoms with van der Waals surface area (Å²) in [7, 11) is 1.52. The van der Waals surface area contributed by atoms with Crippen molar-refractivity contribution in [3.8, 4) is 0 Å². The number of nitrogens with one attached hydrogen (secondary N) is 1. The molecular weight excluding hydrogens is 277 g/mol. The van der Waals surface area contributed by atoms with Crippen molar-refractivity contribution < 1.29 is 9.63 Å². The number of halogens is 2. The minimum atomic E-state index is -0.227. The predicted octanol–water partition coefficient (Wildman–Crippen LogP) is 1.92. The molecule has 0 saturated carbocycles. The molecule has 0 bridgehead atoms. The zero-order valence-electron chi connectivity index (χ0n) is 9.74. The van der Waals surface area contributed by atoms with E-state index >= 15 is 0 Å². The molecule has 0 aromatic heterocycles. The molecule has 3 N–H and O–H groups in total. The largest absolute Gasteiger partial charge is 0.389 e. The SMILES string of the molecule is CNC(=O)C/C(N)=N\OCc1ccc(Cl)c(Cl)c1. The number of oxime groups is 1. The topological polar surface area (TPSA) is 76.7 Å². The monoisotopic (exact) mass is 289 g/mol. The zero-order valence-corrected chi connectivity index (χ0v) is 11.3. The van der Waals surface area contributed by atoms with Gasteiger partial charge in [-0.25, -0.2) is 0 Å². The predicted molar refractivity (Wildman–Crippen MR) is 71.6 cm³/mol. The molecule has 0 spiro atoms. The Morgan fingerprint density at radius 3 is 2.78 bits per heavy atom. The van der Waals surface area contributed by atoms with Gasteiger partial charge >= 0.3 is 0 Å². The summed E-state index contributed by atoms with van der Waals surface area (Å²) >= 11 is 11.6. The lowest BCUT2D eigenvalue weighted by Crippen LogP contribution is -2.25. The summed E-state index contributed by atoms with van der Waals surface area (Å²) in [6, 6.07) is 5.10. The quantitative estimate of drug-likeness (QED) is 0.494. The average molecular weight is 290 g/mol. The summed E-state index contributed by atoms with van der Waals surface area (Å²) in [6.07, 6.45) is -0.00211. The lowest BCUT2D eigenvalue weighted by Gasteiger charge is -2.03. The minimum Gasteiger partial charge on any atom is -0.389 e. The lowest BCUT2D eigenvalue weighted by molar-refractivity contribution is -0.119. The molecule has 1 amide bonds. The van der Waals surface area contributed by atoms with Crippen molar-refractivity contribution in [2.45, 2.75) is 13.0 Å². The second-order valence-corrected chi connectivity index (χ2v) is 4.27. The Kier molecular flexibility index (Phi) is 5.74. The van der Waals surface area contributed by atoms with E-state index in [1.165, 1.54) is 7.05 Å². The summed E-state index contributed by atoms with van der Waals surface area (Å²) in [6.45, 7) is 0.200. The highest BCUT2D eigenvalue weighted by atomic mass is 35.5. The number of benzene rings is 1. The molecule has 5 nitrogen and oxygen atoms in total. The number of rotatable bonds is 5. The average Bonchev–Trinajstić information content (AvgIpc) is 2.33.